The Morgan fingerprint density at radius 2 is 2.12 bits per heavy atom. The van der Waals surface area contributed by atoms with Gasteiger partial charge in [0.2, 0.25) is 5.91 Å². The standard InChI is InChI=1S/C16H14ClN3O4S2/c1-22-11-7-12(23-2)10(6-9(11)17)18-14(21)8-26-16-20-19-15(24-16)13-4-3-5-25-13/h3-7H,8H2,1-2H3,(H,18,21). The summed E-state index contributed by atoms with van der Waals surface area (Å²) in [6, 6.07) is 6.97. The van der Waals surface area contributed by atoms with Crippen LogP contribution in [0.4, 0.5) is 5.69 Å². The highest BCUT2D eigenvalue weighted by Gasteiger charge is 2.15. The zero-order valence-electron chi connectivity index (χ0n) is 13.8. The maximum absolute atomic E-state index is 12.2. The van der Waals surface area contributed by atoms with Crippen LogP contribution in [-0.4, -0.2) is 36.1 Å². The van der Waals surface area contributed by atoms with Gasteiger partial charge in [-0.25, -0.2) is 0 Å². The van der Waals surface area contributed by atoms with Crippen molar-refractivity contribution in [3.05, 3.63) is 34.7 Å². The number of carbonyl (C=O) groups excluding carboxylic acids is 1. The molecule has 0 fully saturated rings. The van der Waals surface area contributed by atoms with Crippen LogP contribution in [0, 0.1) is 0 Å². The van der Waals surface area contributed by atoms with E-state index in [4.69, 9.17) is 25.5 Å². The van der Waals surface area contributed by atoms with Gasteiger partial charge in [0, 0.05) is 6.07 Å². The zero-order valence-corrected chi connectivity index (χ0v) is 16.2. The molecule has 26 heavy (non-hydrogen) atoms. The van der Waals surface area contributed by atoms with Gasteiger partial charge in [0.1, 0.15) is 11.5 Å². The second-order valence-corrected chi connectivity index (χ2v) is 7.16. The molecule has 0 spiro atoms. The number of carbonyl (C=O) groups is 1. The first-order chi connectivity index (χ1) is 12.6. The van der Waals surface area contributed by atoms with E-state index in [0.29, 0.717) is 33.3 Å². The minimum absolute atomic E-state index is 0.0961. The van der Waals surface area contributed by atoms with Gasteiger partial charge in [0.05, 0.1) is 35.6 Å². The predicted molar refractivity (Wildman–Crippen MR) is 102 cm³/mol. The van der Waals surface area contributed by atoms with Crippen molar-refractivity contribution in [1.82, 2.24) is 10.2 Å². The maximum atomic E-state index is 12.2. The topological polar surface area (TPSA) is 86.5 Å². The third-order valence-corrected chi connectivity index (χ3v) is 5.18. The van der Waals surface area contributed by atoms with Crippen LogP contribution in [0.2, 0.25) is 5.02 Å². The van der Waals surface area contributed by atoms with E-state index in [0.717, 1.165) is 16.6 Å². The Labute approximate surface area is 162 Å². The number of ether oxygens (including phenoxy) is 2. The van der Waals surface area contributed by atoms with Crippen LogP contribution in [0.3, 0.4) is 0 Å². The molecule has 0 unspecified atom stereocenters. The third kappa shape index (κ3) is 4.29. The SMILES string of the molecule is COc1cc(OC)c(NC(=O)CSc2nnc(-c3cccs3)o2)cc1Cl. The molecule has 10 heteroatoms. The zero-order chi connectivity index (χ0) is 18.5. The number of methoxy groups -OCH3 is 2. The molecule has 0 aliphatic heterocycles. The number of hydrogen-bond acceptors (Lipinski definition) is 8. The summed E-state index contributed by atoms with van der Waals surface area (Å²) in [5.41, 5.74) is 0.453. The van der Waals surface area contributed by atoms with Crippen molar-refractivity contribution in [1.29, 1.82) is 0 Å². The fraction of sp³-hybridized carbons (Fsp3) is 0.188. The highest BCUT2D eigenvalue weighted by Crippen LogP contribution is 2.36. The third-order valence-electron chi connectivity index (χ3n) is 3.21. The monoisotopic (exact) mass is 411 g/mol. The lowest BCUT2D eigenvalue weighted by atomic mass is 10.2. The van der Waals surface area contributed by atoms with E-state index >= 15 is 0 Å². The Morgan fingerprint density at radius 1 is 1.31 bits per heavy atom. The molecule has 0 bridgehead atoms. The Kier molecular flexibility index (Phi) is 6.02. The molecular formula is C16H14ClN3O4S2. The van der Waals surface area contributed by atoms with E-state index in [1.807, 2.05) is 17.5 Å². The molecule has 2 aromatic heterocycles. The highest BCUT2D eigenvalue weighted by molar-refractivity contribution is 7.99. The van der Waals surface area contributed by atoms with Crippen molar-refractivity contribution >= 4 is 46.3 Å². The Morgan fingerprint density at radius 3 is 2.81 bits per heavy atom. The normalized spacial score (nSPS) is 10.6. The Balaban J connectivity index is 1.62. The van der Waals surface area contributed by atoms with Crippen LogP contribution in [0.15, 0.2) is 39.3 Å². The van der Waals surface area contributed by atoms with E-state index < -0.39 is 0 Å². The van der Waals surface area contributed by atoms with Crippen molar-refractivity contribution in [2.45, 2.75) is 5.22 Å². The van der Waals surface area contributed by atoms with Gasteiger partial charge in [0.25, 0.3) is 11.1 Å². The quantitative estimate of drug-likeness (QED) is 0.583. The number of thiophene rings is 1. The minimum atomic E-state index is -0.259. The lowest BCUT2D eigenvalue weighted by molar-refractivity contribution is -0.113. The summed E-state index contributed by atoms with van der Waals surface area (Å²) in [4.78, 5) is 13.1. The number of hydrogen-bond donors (Lipinski definition) is 1. The molecule has 1 N–H and O–H groups in total. The molecular weight excluding hydrogens is 398 g/mol. The minimum Gasteiger partial charge on any atom is -0.495 e. The number of thioether (sulfide) groups is 1. The van der Waals surface area contributed by atoms with Gasteiger partial charge < -0.3 is 19.2 Å². The van der Waals surface area contributed by atoms with Gasteiger partial charge in [-0.3, -0.25) is 4.79 Å². The number of anilines is 1. The predicted octanol–water partition coefficient (Wildman–Crippen LogP) is 4.20. The Hall–Kier alpha value is -2.23. The lowest BCUT2D eigenvalue weighted by Crippen LogP contribution is -2.14. The van der Waals surface area contributed by atoms with Crippen LogP contribution in [-0.2, 0) is 4.79 Å². The smallest absolute Gasteiger partial charge is 0.277 e. The number of rotatable bonds is 7. The van der Waals surface area contributed by atoms with Crippen molar-refractivity contribution < 1.29 is 18.7 Å². The second kappa shape index (κ2) is 8.43. The van der Waals surface area contributed by atoms with Gasteiger partial charge >= 0.3 is 0 Å². The molecule has 0 saturated carbocycles. The number of nitrogens with one attached hydrogen (secondary N) is 1. The number of benzene rings is 1. The first-order valence-corrected chi connectivity index (χ1v) is 9.56. The van der Waals surface area contributed by atoms with E-state index in [-0.39, 0.29) is 11.7 Å². The number of nitrogens with zero attached hydrogens (tertiary/aromatic N) is 2. The number of amides is 1. The molecule has 1 aromatic carbocycles. The number of halogens is 1. The average Bonchev–Trinajstić information content (AvgIpc) is 3.31. The molecule has 0 saturated heterocycles. The van der Waals surface area contributed by atoms with Crippen LogP contribution < -0.4 is 14.8 Å². The van der Waals surface area contributed by atoms with Crippen molar-refractivity contribution in [2.75, 3.05) is 25.3 Å². The van der Waals surface area contributed by atoms with Crippen molar-refractivity contribution in [3.8, 4) is 22.3 Å². The summed E-state index contributed by atoms with van der Waals surface area (Å²) in [6.45, 7) is 0. The summed E-state index contributed by atoms with van der Waals surface area (Å²) < 4.78 is 15.9. The fourth-order valence-electron chi connectivity index (χ4n) is 2.04. The first kappa shape index (κ1) is 18.6. The highest BCUT2D eigenvalue weighted by atomic mass is 35.5. The molecule has 2 heterocycles. The summed E-state index contributed by atoms with van der Waals surface area (Å²) in [6.07, 6.45) is 0. The van der Waals surface area contributed by atoms with Crippen LogP contribution >= 0.6 is 34.7 Å². The fourth-order valence-corrected chi connectivity index (χ4v) is 3.49. The maximum Gasteiger partial charge on any atom is 0.277 e. The molecule has 0 radical (unpaired) electrons. The molecule has 7 nitrogen and oxygen atoms in total. The first-order valence-electron chi connectivity index (χ1n) is 7.32. The summed E-state index contributed by atoms with van der Waals surface area (Å²) >= 11 is 8.74. The molecule has 1 amide bonds. The van der Waals surface area contributed by atoms with E-state index in [1.165, 1.54) is 25.6 Å². The molecule has 0 aliphatic rings. The van der Waals surface area contributed by atoms with Crippen LogP contribution in [0.5, 0.6) is 11.5 Å². The Bertz CT molecular complexity index is 899. The molecule has 136 valence electrons. The van der Waals surface area contributed by atoms with Crippen LogP contribution in [0.1, 0.15) is 0 Å². The molecule has 3 aromatic rings. The van der Waals surface area contributed by atoms with E-state index in [1.54, 1.807) is 12.1 Å². The average molecular weight is 412 g/mol. The lowest BCUT2D eigenvalue weighted by Gasteiger charge is -2.12. The van der Waals surface area contributed by atoms with Gasteiger partial charge in [0.15, 0.2) is 0 Å². The van der Waals surface area contributed by atoms with Gasteiger partial charge in [-0.15, -0.1) is 21.5 Å². The summed E-state index contributed by atoms with van der Waals surface area (Å²) in [5, 5.41) is 13.3. The van der Waals surface area contributed by atoms with Gasteiger partial charge in [-0.05, 0) is 17.5 Å². The van der Waals surface area contributed by atoms with E-state index in [2.05, 4.69) is 15.5 Å². The van der Waals surface area contributed by atoms with Crippen molar-refractivity contribution in [2.24, 2.45) is 0 Å². The molecule has 3 rings (SSSR count). The van der Waals surface area contributed by atoms with Crippen molar-refractivity contribution in [3.63, 3.8) is 0 Å². The summed E-state index contributed by atoms with van der Waals surface area (Å²) in [5.74, 6) is 1.18. The van der Waals surface area contributed by atoms with Crippen LogP contribution in [0.25, 0.3) is 10.8 Å². The summed E-state index contributed by atoms with van der Waals surface area (Å²) in [7, 11) is 3.00. The molecule has 0 aliphatic carbocycles. The van der Waals surface area contributed by atoms with Gasteiger partial charge in [-0.1, -0.05) is 29.4 Å². The second-order valence-electron chi connectivity index (χ2n) is 4.87. The molecule has 0 atom stereocenters. The van der Waals surface area contributed by atoms with E-state index in [9.17, 15) is 4.79 Å². The number of aromatic nitrogens is 2. The largest absolute Gasteiger partial charge is 0.495 e. The van der Waals surface area contributed by atoms with Gasteiger partial charge in [-0.2, -0.15) is 0 Å².